The molecule has 2 rings (SSSR count). The van der Waals surface area contributed by atoms with Gasteiger partial charge in [-0.05, 0) is 38.1 Å². The van der Waals surface area contributed by atoms with E-state index in [1.165, 1.54) is 12.1 Å². The summed E-state index contributed by atoms with van der Waals surface area (Å²) < 4.78 is 19.2. The minimum absolute atomic E-state index is 0.0709. The Morgan fingerprint density at radius 2 is 2.19 bits per heavy atom. The zero-order valence-electron chi connectivity index (χ0n) is 12.1. The number of hydrogen-bond acceptors (Lipinski definition) is 3. The summed E-state index contributed by atoms with van der Waals surface area (Å²) in [5, 5.41) is 3.45. The van der Waals surface area contributed by atoms with Gasteiger partial charge in [0.15, 0.2) is 0 Å². The molecule has 0 saturated carbocycles. The third-order valence-corrected chi connectivity index (χ3v) is 3.38. The minimum Gasteiger partial charge on any atom is -0.439 e. The van der Waals surface area contributed by atoms with Crippen molar-refractivity contribution in [1.82, 2.24) is 10.3 Å². The van der Waals surface area contributed by atoms with Gasteiger partial charge in [-0.2, -0.15) is 0 Å². The summed E-state index contributed by atoms with van der Waals surface area (Å²) >= 11 is 5.67. The first-order valence-electron chi connectivity index (χ1n) is 6.93. The molecular formula is C16H18ClFN2O. The quantitative estimate of drug-likeness (QED) is 0.838. The van der Waals surface area contributed by atoms with Crippen molar-refractivity contribution in [2.45, 2.75) is 26.3 Å². The van der Waals surface area contributed by atoms with E-state index in [1.807, 2.05) is 19.1 Å². The highest BCUT2D eigenvalue weighted by Gasteiger charge is 2.13. The summed E-state index contributed by atoms with van der Waals surface area (Å²) in [5.41, 5.74) is 0.932. The van der Waals surface area contributed by atoms with E-state index in [1.54, 1.807) is 12.3 Å². The van der Waals surface area contributed by atoms with E-state index in [0.29, 0.717) is 11.6 Å². The van der Waals surface area contributed by atoms with Gasteiger partial charge in [-0.25, -0.2) is 9.37 Å². The Labute approximate surface area is 129 Å². The van der Waals surface area contributed by atoms with Gasteiger partial charge in [-0.1, -0.05) is 24.6 Å². The lowest BCUT2D eigenvalue weighted by Crippen LogP contribution is -2.20. The fourth-order valence-corrected chi connectivity index (χ4v) is 2.06. The maximum Gasteiger partial charge on any atom is 0.223 e. The molecule has 1 N–H and O–H groups in total. The van der Waals surface area contributed by atoms with Crippen LogP contribution in [0.2, 0.25) is 5.02 Å². The third-order valence-electron chi connectivity index (χ3n) is 3.07. The lowest BCUT2D eigenvalue weighted by molar-refractivity contribution is 0.439. The number of hydrogen-bond donors (Lipinski definition) is 1. The molecule has 21 heavy (non-hydrogen) atoms. The molecule has 5 heteroatoms. The number of ether oxygens (including phenoxy) is 1. The molecule has 0 bridgehead atoms. The van der Waals surface area contributed by atoms with Gasteiger partial charge in [-0.3, -0.25) is 0 Å². The molecule has 0 aliphatic rings. The summed E-state index contributed by atoms with van der Waals surface area (Å²) in [5.74, 6) is 0.332. The number of aromatic nitrogens is 1. The number of halogens is 2. The van der Waals surface area contributed by atoms with Gasteiger partial charge in [0.2, 0.25) is 5.88 Å². The second-order valence-electron chi connectivity index (χ2n) is 4.75. The lowest BCUT2D eigenvalue weighted by atomic mass is 10.1. The summed E-state index contributed by atoms with van der Waals surface area (Å²) in [6, 6.07) is 8.24. The summed E-state index contributed by atoms with van der Waals surface area (Å²) in [6.07, 6.45) is 2.70. The number of benzene rings is 1. The van der Waals surface area contributed by atoms with Crippen molar-refractivity contribution in [1.29, 1.82) is 0 Å². The SMILES string of the molecule is CCCNC(C)c1cccnc1Oc1ccc(Cl)c(F)c1. The van der Waals surface area contributed by atoms with E-state index in [4.69, 9.17) is 16.3 Å². The van der Waals surface area contributed by atoms with Gasteiger partial charge in [0.1, 0.15) is 11.6 Å². The molecule has 1 unspecified atom stereocenters. The first kappa shape index (κ1) is 15.7. The highest BCUT2D eigenvalue weighted by molar-refractivity contribution is 6.30. The summed E-state index contributed by atoms with van der Waals surface area (Å²) in [7, 11) is 0. The van der Waals surface area contributed by atoms with Crippen molar-refractivity contribution in [2.75, 3.05) is 6.54 Å². The van der Waals surface area contributed by atoms with Crippen LogP contribution in [-0.2, 0) is 0 Å². The van der Waals surface area contributed by atoms with Crippen LogP contribution in [0.15, 0.2) is 36.5 Å². The van der Waals surface area contributed by atoms with E-state index < -0.39 is 5.82 Å². The molecule has 1 heterocycles. The monoisotopic (exact) mass is 308 g/mol. The van der Waals surface area contributed by atoms with Crippen molar-refractivity contribution in [3.63, 3.8) is 0 Å². The molecule has 0 radical (unpaired) electrons. The van der Waals surface area contributed by atoms with E-state index in [9.17, 15) is 4.39 Å². The minimum atomic E-state index is -0.510. The van der Waals surface area contributed by atoms with Crippen LogP contribution in [0.1, 0.15) is 31.9 Å². The second-order valence-corrected chi connectivity index (χ2v) is 5.16. The molecule has 0 aliphatic heterocycles. The Bertz CT molecular complexity index is 607. The number of pyridine rings is 1. The Kier molecular flexibility index (Phi) is 5.53. The zero-order chi connectivity index (χ0) is 15.2. The number of nitrogens with zero attached hydrogens (tertiary/aromatic N) is 1. The summed E-state index contributed by atoms with van der Waals surface area (Å²) in [6.45, 7) is 5.06. The van der Waals surface area contributed by atoms with E-state index in [-0.39, 0.29) is 11.1 Å². The van der Waals surface area contributed by atoms with Gasteiger partial charge >= 0.3 is 0 Å². The largest absolute Gasteiger partial charge is 0.439 e. The van der Waals surface area contributed by atoms with Gasteiger partial charge in [0.05, 0.1) is 5.02 Å². The predicted molar refractivity (Wildman–Crippen MR) is 82.4 cm³/mol. The van der Waals surface area contributed by atoms with Crippen LogP contribution < -0.4 is 10.1 Å². The van der Waals surface area contributed by atoms with Crippen molar-refractivity contribution in [2.24, 2.45) is 0 Å². The van der Waals surface area contributed by atoms with Crippen LogP contribution in [0.3, 0.4) is 0 Å². The van der Waals surface area contributed by atoms with Crippen LogP contribution >= 0.6 is 11.6 Å². The number of rotatable bonds is 6. The molecule has 0 fully saturated rings. The van der Waals surface area contributed by atoms with Crippen LogP contribution in [0, 0.1) is 5.82 Å². The van der Waals surface area contributed by atoms with Crippen LogP contribution in [-0.4, -0.2) is 11.5 Å². The van der Waals surface area contributed by atoms with E-state index in [0.717, 1.165) is 18.5 Å². The molecule has 0 spiro atoms. The second kappa shape index (κ2) is 7.38. The van der Waals surface area contributed by atoms with Gasteiger partial charge in [-0.15, -0.1) is 0 Å². The van der Waals surface area contributed by atoms with E-state index in [2.05, 4.69) is 17.2 Å². The first-order valence-corrected chi connectivity index (χ1v) is 7.30. The molecular weight excluding hydrogens is 291 g/mol. The Morgan fingerprint density at radius 3 is 2.90 bits per heavy atom. The van der Waals surface area contributed by atoms with Crippen molar-refractivity contribution in [3.05, 3.63) is 52.9 Å². The molecule has 112 valence electrons. The standard InChI is InChI=1S/C16H18ClFN2O/c1-3-8-19-11(2)13-5-4-9-20-16(13)21-12-6-7-14(17)15(18)10-12/h4-7,9-11,19H,3,8H2,1-2H3. The molecule has 1 aromatic heterocycles. The molecule has 1 aromatic carbocycles. The topological polar surface area (TPSA) is 34.2 Å². The van der Waals surface area contributed by atoms with Crippen LogP contribution in [0.5, 0.6) is 11.6 Å². The first-order chi connectivity index (χ1) is 10.1. The number of nitrogens with one attached hydrogen (secondary N) is 1. The lowest BCUT2D eigenvalue weighted by Gasteiger charge is -2.17. The molecule has 3 nitrogen and oxygen atoms in total. The third kappa shape index (κ3) is 4.16. The maximum atomic E-state index is 13.5. The smallest absolute Gasteiger partial charge is 0.223 e. The molecule has 0 aliphatic carbocycles. The van der Waals surface area contributed by atoms with Gasteiger partial charge < -0.3 is 10.1 Å². The predicted octanol–water partition coefficient (Wildman–Crippen LogP) is 4.73. The van der Waals surface area contributed by atoms with Crippen molar-refractivity contribution in [3.8, 4) is 11.6 Å². The fraction of sp³-hybridized carbons (Fsp3) is 0.312. The fourth-order valence-electron chi connectivity index (χ4n) is 1.94. The Balaban J connectivity index is 2.21. The average molecular weight is 309 g/mol. The molecule has 1 atom stereocenters. The normalized spacial score (nSPS) is 12.2. The van der Waals surface area contributed by atoms with Crippen molar-refractivity contribution < 1.29 is 9.13 Å². The molecule has 2 aromatic rings. The Hall–Kier alpha value is -1.65. The average Bonchev–Trinajstić information content (AvgIpc) is 2.49. The van der Waals surface area contributed by atoms with Gasteiger partial charge in [0.25, 0.3) is 0 Å². The zero-order valence-corrected chi connectivity index (χ0v) is 12.8. The van der Waals surface area contributed by atoms with Crippen molar-refractivity contribution >= 4 is 11.6 Å². The van der Waals surface area contributed by atoms with Crippen LogP contribution in [0.25, 0.3) is 0 Å². The van der Waals surface area contributed by atoms with E-state index >= 15 is 0 Å². The van der Waals surface area contributed by atoms with Crippen LogP contribution in [0.4, 0.5) is 4.39 Å². The Morgan fingerprint density at radius 1 is 1.38 bits per heavy atom. The maximum absolute atomic E-state index is 13.5. The summed E-state index contributed by atoms with van der Waals surface area (Å²) in [4.78, 5) is 4.24. The highest BCUT2D eigenvalue weighted by Crippen LogP contribution is 2.29. The molecule has 0 saturated heterocycles. The van der Waals surface area contributed by atoms with Gasteiger partial charge in [0, 0.05) is 23.9 Å². The highest BCUT2D eigenvalue weighted by atomic mass is 35.5. The molecule has 0 amide bonds.